The summed E-state index contributed by atoms with van der Waals surface area (Å²) in [4.78, 5) is 11.7. The topological polar surface area (TPSA) is 59.6 Å². The van der Waals surface area contributed by atoms with Gasteiger partial charge in [-0.3, -0.25) is 0 Å². The summed E-state index contributed by atoms with van der Waals surface area (Å²) in [7, 11) is 0. The molecule has 0 aliphatic carbocycles. The zero-order chi connectivity index (χ0) is 17.0. The Hall–Kier alpha value is -2.69. The van der Waals surface area contributed by atoms with Gasteiger partial charge < -0.3 is 20.1 Å². The maximum absolute atomic E-state index is 11.7. The largest absolute Gasteiger partial charge is 0.494 e. The fourth-order valence-electron chi connectivity index (χ4n) is 2.19. The summed E-state index contributed by atoms with van der Waals surface area (Å²) in [5, 5.41) is 5.48. The first-order chi connectivity index (χ1) is 11.8. The van der Waals surface area contributed by atoms with Crippen LogP contribution in [0.3, 0.4) is 0 Å². The highest BCUT2D eigenvalue weighted by molar-refractivity contribution is 5.73. The van der Waals surface area contributed by atoms with Gasteiger partial charge in [-0.05, 0) is 49.6 Å². The van der Waals surface area contributed by atoms with Gasteiger partial charge in [0.15, 0.2) is 6.73 Å². The molecule has 5 nitrogen and oxygen atoms in total. The van der Waals surface area contributed by atoms with Crippen LogP contribution in [0.15, 0.2) is 54.6 Å². The second-order valence-electron chi connectivity index (χ2n) is 5.21. The first kappa shape index (κ1) is 17.7. The molecule has 0 fully saturated rings. The fraction of sp³-hybridized carbons (Fsp3) is 0.316. The van der Waals surface area contributed by atoms with Gasteiger partial charge in [-0.15, -0.1) is 0 Å². The van der Waals surface area contributed by atoms with Crippen LogP contribution in [0.2, 0.25) is 0 Å². The van der Waals surface area contributed by atoms with E-state index in [-0.39, 0.29) is 12.8 Å². The number of amides is 2. The number of carbonyl (C=O) groups excluding carboxylic acids is 1. The van der Waals surface area contributed by atoms with Crippen molar-refractivity contribution in [1.82, 2.24) is 10.6 Å². The molecule has 0 unspecified atom stereocenters. The van der Waals surface area contributed by atoms with Gasteiger partial charge in [0.25, 0.3) is 0 Å². The summed E-state index contributed by atoms with van der Waals surface area (Å²) in [6.45, 7) is 3.32. The Labute approximate surface area is 143 Å². The number of hydrogen-bond acceptors (Lipinski definition) is 3. The van der Waals surface area contributed by atoms with Crippen molar-refractivity contribution in [3.63, 3.8) is 0 Å². The molecule has 2 N–H and O–H groups in total. The van der Waals surface area contributed by atoms with Gasteiger partial charge in [-0.25, -0.2) is 4.79 Å². The highest BCUT2D eigenvalue weighted by atomic mass is 16.5. The van der Waals surface area contributed by atoms with Crippen molar-refractivity contribution in [2.75, 3.05) is 19.9 Å². The Morgan fingerprint density at radius 2 is 1.58 bits per heavy atom. The third kappa shape index (κ3) is 6.60. The third-order valence-corrected chi connectivity index (χ3v) is 3.38. The Balaban J connectivity index is 1.56. The summed E-state index contributed by atoms with van der Waals surface area (Å²) in [5.74, 6) is 1.48. The maximum Gasteiger partial charge on any atom is 0.317 e. The lowest BCUT2D eigenvalue weighted by molar-refractivity contribution is 0.224. The molecule has 0 atom stereocenters. The number of ether oxygens (including phenoxy) is 2. The molecule has 128 valence electrons. The number of nitrogens with one attached hydrogen (secondary N) is 2. The lowest BCUT2D eigenvalue weighted by Crippen LogP contribution is -2.38. The molecule has 0 heterocycles. The highest BCUT2D eigenvalue weighted by Gasteiger charge is 2.00. The minimum Gasteiger partial charge on any atom is -0.494 e. The molecule has 2 amide bonds. The maximum atomic E-state index is 11.7. The summed E-state index contributed by atoms with van der Waals surface area (Å²) in [6, 6.07) is 17.3. The van der Waals surface area contributed by atoms with Crippen molar-refractivity contribution in [2.24, 2.45) is 0 Å². The molecule has 0 saturated carbocycles. The fourth-order valence-corrected chi connectivity index (χ4v) is 2.19. The lowest BCUT2D eigenvalue weighted by atomic mass is 10.1. The van der Waals surface area contributed by atoms with Crippen LogP contribution in [0.25, 0.3) is 0 Å². The summed E-state index contributed by atoms with van der Waals surface area (Å²) < 4.78 is 10.8. The molecule has 2 aromatic carbocycles. The van der Waals surface area contributed by atoms with E-state index < -0.39 is 0 Å². The van der Waals surface area contributed by atoms with Crippen molar-refractivity contribution < 1.29 is 14.3 Å². The third-order valence-electron chi connectivity index (χ3n) is 3.38. The highest BCUT2D eigenvalue weighted by Crippen LogP contribution is 2.17. The van der Waals surface area contributed by atoms with Gasteiger partial charge in [0.05, 0.1) is 6.61 Å². The van der Waals surface area contributed by atoms with Crippen LogP contribution >= 0.6 is 0 Å². The zero-order valence-corrected chi connectivity index (χ0v) is 14.0. The average molecular weight is 328 g/mol. The normalized spacial score (nSPS) is 10.0. The van der Waals surface area contributed by atoms with Crippen LogP contribution in [0.5, 0.6) is 11.5 Å². The van der Waals surface area contributed by atoms with E-state index in [1.165, 1.54) is 5.56 Å². The van der Waals surface area contributed by atoms with E-state index in [1.54, 1.807) is 0 Å². The molecule has 0 radical (unpaired) electrons. The van der Waals surface area contributed by atoms with Crippen LogP contribution in [0.1, 0.15) is 18.9 Å². The molecule has 0 saturated heterocycles. The lowest BCUT2D eigenvalue weighted by Gasteiger charge is -2.10. The minimum absolute atomic E-state index is 0.124. The number of rotatable bonds is 9. The van der Waals surface area contributed by atoms with Crippen molar-refractivity contribution in [3.8, 4) is 11.5 Å². The molecule has 5 heteroatoms. The Kier molecular flexibility index (Phi) is 7.47. The van der Waals surface area contributed by atoms with E-state index in [1.807, 2.05) is 49.4 Å². The van der Waals surface area contributed by atoms with E-state index in [0.717, 1.165) is 18.6 Å². The quantitative estimate of drug-likeness (QED) is 0.548. The number of benzene rings is 2. The Morgan fingerprint density at radius 1 is 0.917 bits per heavy atom. The van der Waals surface area contributed by atoms with Crippen LogP contribution < -0.4 is 20.1 Å². The summed E-state index contributed by atoms with van der Waals surface area (Å²) >= 11 is 0. The smallest absolute Gasteiger partial charge is 0.317 e. The average Bonchev–Trinajstić information content (AvgIpc) is 2.61. The molecule has 2 rings (SSSR count). The van der Waals surface area contributed by atoms with E-state index in [9.17, 15) is 4.79 Å². The molecule has 0 bridgehead atoms. The minimum atomic E-state index is -0.228. The molecule has 0 aromatic heterocycles. The Bertz CT molecular complexity index is 600. The van der Waals surface area contributed by atoms with E-state index in [0.29, 0.717) is 18.9 Å². The van der Waals surface area contributed by atoms with Gasteiger partial charge in [-0.2, -0.15) is 0 Å². The standard InChI is InChI=1S/C19H24N2O3/c1-2-23-17-10-12-18(13-11-17)24-15-21-19(22)20-14-6-9-16-7-4-3-5-8-16/h3-5,7-8,10-13H,2,6,9,14-15H2,1H3,(H2,20,21,22). The van der Waals surface area contributed by atoms with Crippen molar-refractivity contribution >= 4 is 6.03 Å². The van der Waals surface area contributed by atoms with Gasteiger partial charge in [0, 0.05) is 6.54 Å². The predicted molar refractivity (Wildman–Crippen MR) is 94.4 cm³/mol. The molecule has 2 aromatic rings. The molecule has 0 aliphatic rings. The predicted octanol–water partition coefficient (Wildman–Crippen LogP) is 3.35. The van der Waals surface area contributed by atoms with Gasteiger partial charge in [-0.1, -0.05) is 30.3 Å². The summed E-state index contributed by atoms with van der Waals surface area (Å²) in [5.41, 5.74) is 1.28. The van der Waals surface area contributed by atoms with Gasteiger partial charge >= 0.3 is 6.03 Å². The molecule has 24 heavy (non-hydrogen) atoms. The number of aryl methyl sites for hydroxylation is 1. The zero-order valence-electron chi connectivity index (χ0n) is 14.0. The summed E-state index contributed by atoms with van der Waals surface area (Å²) in [6.07, 6.45) is 1.85. The second kappa shape index (κ2) is 10.2. The van der Waals surface area contributed by atoms with Crippen LogP contribution in [-0.4, -0.2) is 25.9 Å². The van der Waals surface area contributed by atoms with Crippen LogP contribution in [-0.2, 0) is 6.42 Å². The number of carbonyl (C=O) groups is 1. The molecular weight excluding hydrogens is 304 g/mol. The van der Waals surface area contributed by atoms with Crippen molar-refractivity contribution in [3.05, 3.63) is 60.2 Å². The number of hydrogen-bond donors (Lipinski definition) is 2. The monoisotopic (exact) mass is 328 g/mol. The van der Waals surface area contributed by atoms with Crippen molar-refractivity contribution in [1.29, 1.82) is 0 Å². The first-order valence-corrected chi connectivity index (χ1v) is 8.19. The van der Waals surface area contributed by atoms with E-state index in [4.69, 9.17) is 9.47 Å². The molecule has 0 aliphatic heterocycles. The SMILES string of the molecule is CCOc1ccc(OCNC(=O)NCCCc2ccccc2)cc1. The van der Waals surface area contributed by atoms with Crippen LogP contribution in [0.4, 0.5) is 4.79 Å². The van der Waals surface area contributed by atoms with Crippen LogP contribution in [0, 0.1) is 0 Å². The molecular formula is C19H24N2O3. The van der Waals surface area contributed by atoms with Gasteiger partial charge in [0.2, 0.25) is 0 Å². The van der Waals surface area contributed by atoms with E-state index >= 15 is 0 Å². The van der Waals surface area contributed by atoms with Gasteiger partial charge in [0.1, 0.15) is 11.5 Å². The van der Waals surface area contributed by atoms with Crippen molar-refractivity contribution in [2.45, 2.75) is 19.8 Å². The molecule has 0 spiro atoms. The van der Waals surface area contributed by atoms with E-state index in [2.05, 4.69) is 22.8 Å². The Morgan fingerprint density at radius 3 is 2.25 bits per heavy atom. The second-order valence-corrected chi connectivity index (χ2v) is 5.21. The first-order valence-electron chi connectivity index (χ1n) is 8.19. The number of urea groups is 1.